The molecule has 0 spiro atoms. The lowest BCUT2D eigenvalue weighted by Crippen LogP contribution is -2.30. The van der Waals surface area contributed by atoms with Gasteiger partial charge in [0.15, 0.2) is 0 Å². The molecule has 0 radical (unpaired) electrons. The number of rotatable bonds is 4. The highest BCUT2D eigenvalue weighted by molar-refractivity contribution is 5.80. The highest BCUT2D eigenvalue weighted by Crippen LogP contribution is 2.43. The SMILES string of the molecule is COc1ccc([C@@H]2CC(=O)N(CO)[C@H]2c2ccccn2)cc1. The molecule has 1 aromatic heterocycles. The standard InChI is InChI=1S/C17H18N2O3/c1-22-13-7-5-12(6-8-13)14-10-16(21)19(11-20)17(14)15-4-2-3-9-18-15/h2-9,14,17,20H,10-11H2,1H3/t14-,17+/m0/s1. The minimum absolute atomic E-state index is 0.0274. The maximum absolute atomic E-state index is 12.2. The fourth-order valence-electron chi connectivity index (χ4n) is 3.02. The zero-order chi connectivity index (χ0) is 15.5. The minimum atomic E-state index is -0.299. The van der Waals surface area contributed by atoms with E-state index in [0.717, 1.165) is 17.0 Å². The molecule has 1 amide bonds. The Labute approximate surface area is 129 Å². The van der Waals surface area contributed by atoms with Crippen molar-refractivity contribution in [2.45, 2.75) is 18.4 Å². The van der Waals surface area contributed by atoms with Gasteiger partial charge in [-0.3, -0.25) is 9.78 Å². The van der Waals surface area contributed by atoms with Gasteiger partial charge in [-0.25, -0.2) is 0 Å². The maximum Gasteiger partial charge on any atom is 0.225 e. The zero-order valence-corrected chi connectivity index (χ0v) is 12.3. The van der Waals surface area contributed by atoms with Crippen LogP contribution < -0.4 is 4.74 Å². The Kier molecular flexibility index (Phi) is 4.06. The van der Waals surface area contributed by atoms with E-state index in [4.69, 9.17) is 4.74 Å². The Hall–Kier alpha value is -2.40. The molecule has 1 fully saturated rings. The summed E-state index contributed by atoms with van der Waals surface area (Å²) in [4.78, 5) is 18.1. The average Bonchev–Trinajstić information content (AvgIpc) is 2.92. The maximum atomic E-state index is 12.2. The lowest BCUT2D eigenvalue weighted by Gasteiger charge is -2.26. The summed E-state index contributed by atoms with van der Waals surface area (Å²) in [5.41, 5.74) is 1.84. The van der Waals surface area contributed by atoms with Crippen molar-refractivity contribution in [1.29, 1.82) is 0 Å². The second kappa shape index (κ2) is 6.15. The summed E-state index contributed by atoms with van der Waals surface area (Å²) in [6, 6.07) is 13.1. The third-order valence-corrected chi connectivity index (χ3v) is 4.12. The molecule has 0 saturated carbocycles. The predicted molar refractivity (Wildman–Crippen MR) is 81.3 cm³/mol. The van der Waals surface area contributed by atoms with Crippen molar-refractivity contribution in [3.05, 3.63) is 59.9 Å². The van der Waals surface area contributed by atoms with E-state index in [1.807, 2.05) is 42.5 Å². The number of benzene rings is 1. The molecule has 0 bridgehead atoms. The van der Waals surface area contributed by atoms with Gasteiger partial charge in [0.2, 0.25) is 5.91 Å². The van der Waals surface area contributed by atoms with Gasteiger partial charge in [-0.05, 0) is 29.8 Å². The molecule has 3 rings (SSSR count). The van der Waals surface area contributed by atoms with Crippen LogP contribution in [-0.2, 0) is 4.79 Å². The molecule has 2 heterocycles. The van der Waals surface area contributed by atoms with Crippen molar-refractivity contribution >= 4 is 5.91 Å². The Morgan fingerprint density at radius 2 is 2.05 bits per heavy atom. The van der Waals surface area contributed by atoms with Gasteiger partial charge in [-0.2, -0.15) is 0 Å². The number of methoxy groups -OCH3 is 1. The van der Waals surface area contributed by atoms with Gasteiger partial charge < -0.3 is 14.7 Å². The Morgan fingerprint density at radius 3 is 2.64 bits per heavy atom. The molecule has 0 unspecified atom stereocenters. The van der Waals surface area contributed by atoms with Crippen LogP contribution in [0.2, 0.25) is 0 Å². The molecule has 1 aliphatic rings. The lowest BCUT2D eigenvalue weighted by molar-refractivity contribution is -0.132. The number of likely N-dealkylation sites (tertiary alicyclic amines) is 1. The molecule has 1 N–H and O–H groups in total. The van der Waals surface area contributed by atoms with Crippen molar-refractivity contribution < 1.29 is 14.6 Å². The van der Waals surface area contributed by atoms with Gasteiger partial charge in [0.1, 0.15) is 12.5 Å². The summed E-state index contributed by atoms with van der Waals surface area (Å²) >= 11 is 0. The highest BCUT2D eigenvalue weighted by atomic mass is 16.5. The van der Waals surface area contributed by atoms with Gasteiger partial charge in [0.05, 0.1) is 18.8 Å². The van der Waals surface area contributed by atoms with E-state index < -0.39 is 0 Å². The third kappa shape index (κ3) is 2.55. The summed E-state index contributed by atoms with van der Waals surface area (Å²) in [6.45, 7) is -0.299. The molecule has 1 aromatic carbocycles. The van der Waals surface area contributed by atoms with Gasteiger partial charge >= 0.3 is 0 Å². The molecule has 1 aliphatic heterocycles. The monoisotopic (exact) mass is 298 g/mol. The summed E-state index contributed by atoms with van der Waals surface area (Å²) in [6.07, 6.45) is 2.08. The van der Waals surface area contributed by atoms with E-state index in [0.29, 0.717) is 6.42 Å². The number of hydrogen-bond donors (Lipinski definition) is 1. The average molecular weight is 298 g/mol. The quantitative estimate of drug-likeness (QED) is 0.939. The Bertz CT molecular complexity index is 643. The number of aromatic nitrogens is 1. The number of pyridine rings is 1. The molecule has 114 valence electrons. The number of ether oxygens (including phenoxy) is 1. The summed E-state index contributed by atoms with van der Waals surface area (Å²) < 4.78 is 5.18. The van der Waals surface area contributed by atoms with Crippen molar-refractivity contribution in [3.8, 4) is 5.75 Å². The van der Waals surface area contributed by atoms with E-state index in [1.165, 1.54) is 4.90 Å². The first kappa shape index (κ1) is 14.5. The van der Waals surface area contributed by atoms with Crippen LogP contribution in [0.15, 0.2) is 48.7 Å². The first-order valence-electron chi connectivity index (χ1n) is 7.20. The van der Waals surface area contributed by atoms with Gasteiger partial charge in [-0.15, -0.1) is 0 Å². The number of carbonyl (C=O) groups is 1. The van der Waals surface area contributed by atoms with Crippen LogP contribution in [0, 0.1) is 0 Å². The number of aliphatic hydroxyl groups is 1. The Morgan fingerprint density at radius 1 is 1.27 bits per heavy atom. The van der Waals surface area contributed by atoms with Crippen molar-refractivity contribution in [3.63, 3.8) is 0 Å². The smallest absolute Gasteiger partial charge is 0.225 e. The van der Waals surface area contributed by atoms with Crippen LogP contribution >= 0.6 is 0 Å². The Balaban J connectivity index is 1.98. The van der Waals surface area contributed by atoms with E-state index in [-0.39, 0.29) is 24.6 Å². The number of aliphatic hydroxyl groups excluding tert-OH is 1. The van der Waals surface area contributed by atoms with E-state index in [2.05, 4.69) is 4.98 Å². The van der Waals surface area contributed by atoms with E-state index in [9.17, 15) is 9.90 Å². The van der Waals surface area contributed by atoms with Gasteiger partial charge in [0, 0.05) is 18.5 Å². The van der Waals surface area contributed by atoms with Crippen LogP contribution in [0.3, 0.4) is 0 Å². The molecular weight excluding hydrogens is 280 g/mol. The number of carbonyl (C=O) groups excluding carboxylic acids is 1. The topological polar surface area (TPSA) is 62.7 Å². The highest BCUT2D eigenvalue weighted by Gasteiger charge is 2.41. The molecule has 5 heteroatoms. The molecule has 2 atom stereocenters. The van der Waals surface area contributed by atoms with Crippen LogP contribution in [0.1, 0.15) is 29.6 Å². The minimum Gasteiger partial charge on any atom is -0.497 e. The first-order valence-corrected chi connectivity index (χ1v) is 7.20. The normalized spacial score (nSPS) is 21.2. The van der Waals surface area contributed by atoms with Crippen molar-refractivity contribution in [1.82, 2.24) is 9.88 Å². The molecule has 2 aromatic rings. The molecular formula is C17H18N2O3. The van der Waals surface area contributed by atoms with E-state index in [1.54, 1.807) is 13.3 Å². The van der Waals surface area contributed by atoms with Crippen LogP contribution in [0.5, 0.6) is 5.75 Å². The van der Waals surface area contributed by atoms with Crippen LogP contribution in [-0.4, -0.2) is 34.7 Å². The molecule has 22 heavy (non-hydrogen) atoms. The van der Waals surface area contributed by atoms with Crippen LogP contribution in [0.4, 0.5) is 0 Å². The number of nitrogens with zero attached hydrogens (tertiary/aromatic N) is 2. The fraction of sp³-hybridized carbons (Fsp3) is 0.294. The summed E-state index contributed by atoms with van der Waals surface area (Å²) in [5.74, 6) is 0.695. The third-order valence-electron chi connectivity index (χ3n) is 4.12. The van der Waals surface area contributed by atoms with Crippen molar-refractivity contribution in [2.24, 2.45) is 0 Å². The van der Waals surface area contributed by atoms with Gasteiger partial charge in [-0.1, -0.05) is 18.2 Å². The largest absolute Gasteiger partial charge is 0.497 e. The van der Waals surface area contributed by atoms with Gasteiger partial charge in [0.25, 0.3) is 0 Å². The fourth-order valence-corrected chi connectivity index (χ4v) is 3.02. The van der Waals surface area contributed by atoms with Crippen LogP contribution in [0.25, 0.3) is 0 Å². The van der Waals surface area contributed by atoms with Crippen molar-refractivity contribution in [2.75, 3.05) is 13.8 Å². The second-order valence-corrected chi connectivity index (χ2v) is 5.29. The predicted octanol–water partition coefficient (Wildman–Crippen LogP) is 2.10. The van der Waals surface area contributed by atoms with E-state index >= 15 is 0 Å². The zero-order valence-electron chi connectivity index (χ0n) is 12.3. The molecule has 0 aliphatic carbocycles. The number of hydrogen-bond acceptors (Lipinski definition) is 4. The lowest BCUT2D eigenvalue weighted by atomic mass is 9.89. The first-order chi connectivity index (χ1) is 10.7. The second-order valence-electron chi connectivity index (χ2n) is 5.29. The molecule has 5 nitrogen and oxygen atoms in total. The molecule has 1 saturated heterocycles. The summed E-state index contributed by atoms with van der Waals surface area (Å²) in [7, 11) is 1.62. The number of amides is 1. The summed E-state index contributed by atoms with van der Waals surface area (Å²) in [5, 5.41) is 9.57.